The zero-order valence-corrected chi connectivity index (χ0v) is 15.9. The Morgan fingerprint density at radius 3 is 2.41 bits per heavy atom. The maximum Gasteiger partial charge on any atom is 0.331 e. The lowest BCUT2D eigenvalue weighted by Gasteiger charge is -2.04. The molecule has 1 N–H and O–H groups in total. The first kappa shape index (κ1) is 19.9. The second-order valence-corrected chi connectivity index (χ2v) is 6.25. The van der Waals surface area contributed by atoms with E-state index in [1.807, 2.05) is 48.6 Å². The summed E-state index contributed by atoms with van der Waals surface area (Å²) in [6, 6.07) is 20.3. The fourth-order valence-corrected chi connectivity index (χ4v) is 2.88. The lowest BCUT2D eigenvalue weighted by Crippen LogP contribution is -2.00. The van der Waals surface area contributed by atoms with Crippen molar-refractivity contribution in [2.24, 2.45) is 0 Å². The number of rotatable bonds is 4. The van der Waals surface area contributed by atoms with E-state index < -0.39 is 5.97 Å². The Kier molecular flexibility index (Phi) is 6.43. The highest BCUT2D eigenvalue weighted by molar-refractivity contribution is 6.01. The molecule has 146 valence electrons. The van der Waals surface area contributed by atoms with Crippen LogP contribution in [0.1, 0.15) is 22.5 Å². The predicted molar refractivity (Wildman–Crippen MR) is 111 cm³/mol. The number of benzene rings is 2. The third-order valence-corrected chi connectivity index (χ3v) is 4.22. The van der Waals surface area contributed by atoms with Gasteiger partial charge in [0.2, 0.25) is 5.78 Å². The number of hydrogen-bond donors (Lipinski definition) is 1. The third-order valence-electron chi connectivity index (χ3n) is 4.22. The number of carbonyl (C=O) groups is 2. The zero-order valence-electron chi connectivity index (χ0n) is 15.9. The second-order valence-electron chi connectivity index (χ2n) is 6.25. The van der Waals surface area contributed by atoms with Gasteiger partial charge in [-0.3, -0.25) is 4.79 Å². The van der Waals surface area contributed by atoms with Gasteiger partial charge in [0.05, 0.1) is 19.4 Å². The smallest absolute Gasteiger partial charge is 0.331 e. The summed E-state index contributed by atoms with van der Waals surface area (Å²) in [6.45, 7) is 0. The van der Waals surface area contributed by atoms with E-state index in [2.05, 4.69) is 29.0 Å². The van der Waals surface area contributed by atoms with E-state index in [1.165, 1.54) is 7.11 Å². The first-order chi connectivity index (χ1) is 14.1. The van der Waals surface area contributed by atoms with Crippen LogP contribution in [0.15, 0.2) is 83.5 Å². The van der Waals surface area contributed by atoms with E-state index in [1.54, 1.807) is 0 Å². The Morgan fingerprint density at radius 1 is 1.03 bits per heavy atom. The van der Waals surface area contributed by atoms with Crippen molar-refractivity contribution in [2.45, 2.75) is 6.42 Å². The minimum atomic E-state index is -0.998. The molecule has 0 spiro atoms. The molecular weight excluding hydrogens is 368 g/mol. The van der Waals surface area contributed by atoms with Gasteiger partial charge in [0.25, 0.3) is 0 Å². The van der Waals surface area contributed by atoms with E-state index in [-0.39, 0.29) is 5.78 Å². The maximum absolute atomic E-state index is 11.9. The van der Waals surface area contributed by atoms with Gasteiger partial charge in [0.1, 0.15) is 5.76 Å². The Hall–Kier alpha value is -3.86. The van der Waals surface area contributed by atoms with Crippen LogP contribution in [0.2, 0.25) is 0 Å². The molecule has 1 aromatic heterocycles. The number of hydrogen-bond acceptors (Lipinski definition) is 4. The molecule has 2 aromatic carbocycles. The predicted octanol–water partition coefficient (Wildman–Crippen LogP) is 5.44. The Balaban J connectivity index is 0.000000298. The molecule has 0 atom stereocenters. The summed E-state index contributed by atoms with van der Waals surface area (Å²) in [5.74, 6) is 0.259. The minimum absolute atomic E-state index is 0.0444. The van der Waals surface area contributed by atoms with E-state index in [9.17, 15) is 9.59 Å². The molecule has 3 aromatic rings. The molecule has 5 heteroatoms. The first-order valence-corrected chi connectivity index (χ1v) is 9.00. The van der Waals surface area contributed by atoms with E-state index in [4.69, 9.17) is 9.52 Å². The molecule has 1 heterocycles. The SMILES string of the molecule is CO/C=C/C(=O)O.O=C1CC=Cc2cc(-c3cccc(-c4ccccc4)c3)oc21. The van der Waals surface area contributed by atoms with Crippen LogP contribution in [0.3, 0.4) is 0 Å². The monoisotopic (exact) mass is 388 g/mol. The molecule has 1 aliphatic rings. The second kappa shape index (κ2) is 9.37. The highest BCUT2D eigenvalue weighted by atomic mass is 16.5. The van der Waals surface area contributed by atoms with Crippen LogP contribution < -0.4 is 0 Å². The number of Topliss-reactive ketones (excluding diaryl/α,β-unsaturated/α-hetero) is 1. The summed E-state index contributed by atoms with van der Waals surface area (Å²) >= 11 is 0. The Morgan fingerprint density at radius 2 is 1.76 bits per heavy atom. The first-order valence-electron chi connectivity index (χ1n) is 9.00. The molecule has 0 aliphatic heterocycles. The molecule has 29 heavy (non-hydrogen) atoms. The number of fused-ring (bicyclic) bond motifs is 1. The van der Waals surface area contributed by atoms with Gasteiger partial charge >= 0.3 is 5.97 Å². The number of ether oxygens (including phenoxy) is 1. The number of carboxylic acid groups (broad SMARTS) is 1. The largest absolute Gasteiger partial charge is 0.504 e. The van der Waals surface area contributed by atoms with Crippen LogP contribution in [0.5, 0.6) is 0 Å². The molecule has 1 aliphatic carbocycles. The van der Waals surface area contributed by atoms with Gasteiger partial charge in [0.15, 0.2) is 5.76 Å². The lowest BCUT2D eigenvalue weighted by atomic mass is 10.0. The summed E-state index contributed by atoms with van der Waals surface area (Å²) in [5.41, 5.74) is 4.15. The van der Waals surface area contributed by atoms with E-state index in [0.717, 1.165) is 40.4 Å². The number of ketones is 1. The number of carbonyl (C=O) groups excluding carboxylic acids is 1. The molecule has 0 saturated heterocycles. The number of carboxylic acids is 1. The van der Waals surface area contributed by atoms with Gasteiger partial charge in [-0.25, -0.2) is 4.79 Å². The number of aliphatic carboxylic acids is 1. The van der Waals surface area contributed by atoms with Gasteiger partial charge in [-0.15, -0.1) is 0 Å². The van der Waals surface area contributed by atoms with E-state index >= 15 is 0 Å². The van der Waals surface area contributed by atoms with Crippen molar-refractivity contribution in [1.82, 2.24) is 0 Å². The topological polar surface area (TPSA) is 76.7 Å². The summed E-state index contributed by atoms with van der Waals surface area (Å²) in [7, 11) is 1.39. The fraction of sp³-hybridized carbons (Fsp3) is 0.0833. The van der Waals surface area contributed by atoms with Gasteiger partial charge in [-0.2, -0.15) is 0 Å². The quantitative estimate of drug-likeness (QED) is 0.475. The van der Waals surface area contributed by atoms with Crippen molar-refractivity contribution < 1.29 is 23.8 Å². The molecule has 4 rings (SSSR count). The minimum Gasteiger partial charge on any atom is -0.504 e. The molecule has 5 nitrogen and oxygen atoms in total. The Bertz CT molecular complexity index is 1060. The van der Waals surface area contributed by atoms with Crippen molar-refractivity contribution in [3.63, 3.8) is 0 Å². The lowest BCUT2D eigenvalue weighted by molar-refractivity contribution is -0.131. The third kappa shape index (κ3) is 5.11. The average Bonchev–Trinajstić information content (AvgIpc) is 3.19. The molecule has 0 fully saturated rings. The van der Waals surface area contributed by atoms with Gasteiger partial charge < -0.3 is 14.3 Å². The summed E-state index contributed by atoms with van der Waals surface area (Å²) < 4.78 is 10.1. The molecule has 0 amide bonds. The van der Waals surface area contributed by atoms with Crippen molar-refractivity contribution in [3.05, 3.63) is 90.4 Å². The molecule has 0 radical (unpaired) electrons. The summed E-state index contributed by atoms with van der Waals surface area (Å²) in [5, 5.41) is 7.88. The van der Waals surface area contributed by atoms with Crippen molar-refractivity contribution in [1.29, 1.82) is 0 Å². The number of furan rings is 1. The van der Waals surface area contributed by atoms with Crippen LogP contribution >= 0.6 is 0 Å². The summed E-state index contributed by atoms with van der Waals surface area (Å²) in [6.07, 6.45) is 6.27. The normalized spacial score (nSPS) is 12.2. The van der Waals surface area contributed by atoms with Crippen LogP contribution in [0, 0.1) is 0 Å². The maximum atomic E-state index is 11.9. The highest BCUT2D eigenvalue weighted by Crippen LogP contribution is 2.32. The van der Waals surface area contributed by atoms with Crippen LogP contribution in [0.25, 0.3) is 28.5 Å². The molecule has 0 bridgehead atoms. The summed E-state index contributed by atoms with van der Waals surface area (Å²) in [4.78, 5) is 21.5. The number of methoxy groups -OCH3 is 1. The zero-order chi connectivity index (χ0) is 20.6. The van der Waals surface area contributed by atoms with Crippen molar-refractivity contribution >= 4 is 17.8 Å². The van der Waals surface area contributed by atoms with Gasteiger partial charge in [-0.05, 0) is 23.3 Å². The Labute approximate surface area is 168 Å². The van der Waals surface area contributed by atoms with Crippen molar-refractivity contribution in [2.75, 3.05) is 7.11 Å². The van der Waals surface area contributed by atoms with Crippen LogP contribution in [-0.4, -0.2) is 24.0 Å². The molecule has 0 saturated carbocycles. The van der Waals surface area contributed by atoms with Crippen molar-refractivity contribution in [3.8, 4) is 22.5 Å². The molecular formula is C24H20O5. The fourth-order valence-electron chi connectivity index (χ4n) is 2.88. The number of allylic oxidation sites excluding steroid dienone is 1. The van der Waals surface area contributed by atoms with Crippen LogP contribution in [0.4, 0.5) is 0 Å². The van der Waals surface area contributed by atoms with Gasteiger partial charge in [-0.1, -0.05) is 60.7 Å². The highest BCUT2D eigenvalue weighted by Gasteiger charge is 2.19. The standard InChI is InChI=1S/C20H14O2.C4H6O3/c21-18-11-5-10-17-13-19(22-20(17)18)16-9-4-8-15(12-16)14-6-2-1-3-7-14;1-7-3-2-4(5)6/h1-10,12-13H,11H2;2-3H,1H3,(H,5,6)/b;3-2+. The molecule has 0 unspecified atom stereocenters. The van der Waals surface area contributed by atoms with E-state index in [0.29, 0.717) is 12.2 Å². The average molecular weight is 388 g/mol. The van der Waals surface area contributed by atoms with Crippen LogP contribution in [-0.2, 0) is 9.53 Å². The van der Waals surface area contributed by atoms with Gasteiger partial charge in [0, 0.05) is 17.5 Å².